The van der Waals surface area contributed by atoms with Crippen LogP contribution in [-0.2, 0) is 18.3 Å². The van der Waals surface area contributed by atoms with Crippen LogP contribution in [0.3, 0.4) is 0 Å². The lowest BCUT2D eigenvalue weighted by atomic mass is 10.5. The monoisotopic (exact) mass is 271 g/mol. The first-order valence-corrected chi connectivity index (χ1v) is 5.70. The van der Waals surface area contributed by atoms with Crippen molar-refractivity contribution in [3.8, 4) is 0 Å². The molecule has 0 radical (unpaired) electrons. The van der Waals surface area contributed by atoms with Crippen molar-refractivity contribution in [1.29, 1.82) is 0 Å². The van der Waals surface area contributed by atoms with Gasteiger partial charge in [-0.2, -0.15) is 0 Å². The number of aromatic nitrogens is 5. The SMILES string of the molecule is CCc1nnc(Cn2cc(CBr)nn2)o1. The van der Waals surface area contributed by atoms with Crippen LogP contribution in [0.5, 0.6) is 0 Å². The standard InChI is InChI=1S/C8H10BrN5O/c1-2-7-11-12-8(15-7)5-14-4-6(3-9)10-13-14/h4H,2-3,5H2,1H3. The van der Waals surface area contributed by atoms with Crippen LogP contribution >= 0.6 is 15.9 Å². The lowest BCUT2D eigenvalue weighted by Gasteiger charge is -1.92. The van der Waals surface area contributed by atoms with E-state index in [1.807, 2.05) is 13.1 Å². The highest BCUT2D eigenvalue weighted by Gasteiger charge is 2.06. The van der Waals surface area contributed by atoms with E-state index in [0.29, 0.717) is 23.7 Å². The molecular formula is C8H10BrN5O. The normalized spacial score (nSPS) is 10.8. The second kappa shape index (κ2) is 4.52. The van der Waals surface area contributed by atoms with Gasteiger partial charge < -0.3 is 4.42 Å². The van der Waals surface area contributed by atoms with Gasteiger partial charge in [0.15, 0.2) is 0 Å². The first kappa shape index (κ1) is 10.3. The minimum atomic E-state index is 0.465. The Labute approximate surface area is 94.8 Å². The van der Waals surface area contributed by atoms with Gasteiger partial charge in [-0.3, -0.25) is 0 Å². The van der Waals surface area contributed by atoms with E-state index in [0.717, 1.165) is 12.1 Å². The molecule has 0 aliphatic rings. The molecular weight excluding hydrogens is 262 g/mol. The van der Waals surface area contributed by atoms with Crippen molar-refractivity contribution in [1.82, 2.24) is 25.2 Å². The fraction of sp³-hybridized carbons (Fsp3) is 0.500. The van der Waals surface area contributed by atoms with Crippen molar-refractivity contribution >= 4 is 15.9 Å². The van der Waals surface area contributed by atoms with Gasteiger partial charge in [0.25, 0.3) is 0 Å². The Morgan fingerprint density at radius 2 is 2.13 bits per heavy atom. The van der Waals surface area contributed by atoms with Gasteiger partial charge in [-0.1, -0.05) is 28.1 Å². The number of halogens is 1. The van der Waals surface area contributed by atoms with E-state index in [1.165, 1.54) is 0 Å². The molecule has 2 aromatic rings. The van der Waals surface area contributed by atoms with Gasteiger partial charge >= 0.3 is 0 Å². The molecule has 2 aromatic heterocycles. The number of nitrogens with zero attached hydrogens (tertiary/aromatic N) is 5. The second-order valence-electron chi connectivity index (χ2n) is 2.98. The summed E-state index contributed by atoms with van der Waals surface area (Å²) >= 11 is 3.30. The van der Waals surface area contributed by atoms with Crippen LogP contribution in [0.1, 0.15) is 24.4 Å². The molecule has 7 heteroatoms. The third-order valence-corrected chi connectivity index (χ3v) is 2.41. The molecule has 80 valence electrons. The molecule has 0 bridgehead atoms. The predicted octanol–water partition coefficient (Wildman–Crippen LogP) is 1.17. The van der Waals surface area contributed by atoms with Gasteiger partial charge in [0.2, 0.25) is 11.8 Å². The molecule has 0 aliphatic carbocycles. The van der Waals surface area contributed by atoms with E-state index in [-0.39, 0.29) is 0 Å². The average molecular weight is 272 g/mol. The Balaban J connectivity index is 2.07. The van der Waals surface area contributed by atoms with E-state index >= 15 is 0 Å². The molecule has 0 amide bonds. The highest BCUT2D eigenvalue weighted by Crippen LogP contribution is 2.04. The number of aryl methyl sites for hydroxylation is 1. The summed E-state index contributed by atoms with van der Waals surface area (Å²) in [5.74, 6) is 1.20. The van der Waals surface area contributed by atoms with Gasteiger partial charge in [0.05, 0.1) is 5.69 Å². The van der Waals surface area contributed by atoms with E-state index in [1.54, 1.807) is 4.68 Å². The molecule has 15 heavy (non-hydrogen) atoms. The maximum Gasteiger partial charge on any atom is 0.237 e. The summed E-state index contributed by atoms with van der Waals surface area (Å²) in [6.45, 7) is 2.43. The summed E-state index contributed by atoms with van der Waals surface area (Å²) in [7, 11) is 0. The molecule has 0 N–H and O–H groups in total. The zero-order valence-electron chi connectivity index (χ0n) is 8.22. The third-order valence-electron chi connectivity index (χ3n) is 1.83. The van der Waals surface area contributed by atoms with E-state index < -0.39 is 0 Å². The van der Waals surface area contributed by atoms with Gasteiger partial charge in [0.1, 0.15) is 6.54 Å². The van der Waals surface area contributed by atoms with Crippen LogP contribution in [0.2, 0.25) is 0 Å². The number of hydrogen-bond acceptors (Lipinski definition) is 5. The molecule has 0 atom stereocenters. The maximum absolute atomic E-state index is 5.36. The minimum Gasteiger partial charge on any atom is -0.423 e. The summed E-state index contributed by atoms with van der Waals surface area (Å²) in [6.07, 6.45) is 2.58. The second-order valence-corrected chi connectivity index (χ2v) is 3.54. The Bertz CT molecular complexity index is 397. The molecule has 2 rings (SSSR count). The van der Waals surface area contributed by atoms with Gasteiger partial charge in [-0.05, 0) is 0 Å². The van der Waals surface area contributed by atoms with Crippen LogP contribution in [0.15, 0.2) is 10.6 Å². The van der Waals surface area contributed by atoms with Crippen LogP contribution < -0.4 is 0 Å². The van der Waals surface area contributed by atoms with Crippen LogP contribution in [0.4, 0.5) is 0 Å². The highest BCUT2D eigenvalue weighted by molar-refractivity contribution is 9.08. The van der Waals surface area contributed by atoms with Crippen LogP contribution in [0.25, 0.3) is 0 Å². The number of rotatable bonds is 4. The summed E-state index contributed by atoms with van der Waals surface area (Å²) in [4.78, 5) is 0. The third kappa shape index (κ3) is 2.41. The molecule has 0 fully saturated rings. The minimum absolute atomic E-state index is 0.465. The first-order chi connectivity index (χ1) is 7.31. The van der Waals surface area contributed by atoms with Gasteiger partial charge in [0, 0.05) is 17.9 Å². The zero-order chi connectivity index (χ0) is 10.7. The molecule has 0 aromatic carbocycles. The molecule has 6 nitrogen and oxygen atoms in total. The lowest BCUT2D eigenvalue weighted by molar-refractivity contribution is 0.430. The number of hydrogen-bond donors (Lipinski definition) is 0. The van der Waals surface area contributed by atoms with Crippen molar-refractivity contribution in [3.63, 3.8) is 0 Å². The smallest absolute Gasteiger partial charge is 0.237 e. The Kier molecular flexibility index (Phi) is 3.10. The van der Waals surface area contributed by atoms with Crippen molar-refractivity contribution in [2.75, 3.05) is 0 Å². The van der Waals surface area contributed by atoms with E-state index in [4.69, 9.17) is 4.42 Å². The topological polar surface area (TPSA) is 69.6 Å². The summed E-state index contributed by atoms with van der Waals surface area (Å²) < 4.78 is 7.03. The Morgan fingerprint density at radius 1 is 1.33 bits per heavy atom. The van der Waals surface area contributed by atoms with Crippen molar-refractivity contribution < 1.29 is 4.42 Å². The lowest BCUT2D eigenvalue weighted by Crippen LogP contribution is -2.00. The van der Waals surface area contributed by atoms with E-state index in [9.17, 15) is 0 Å². The molecule has 0 aliphatic heterocycles. The largest absolute Gasteiger partial charge is 0.423 e. The van der Waals surface area contributed by atoms with Crippen LogP contribution in [0, 0.1) is 0 Å². The van der Waals surface area contributed by atoms with Gasteiger partial charge in [-0.25, -0.2) is 4.68 Å². The number of alkyl halides is 1. The highest BCUT2D eigenvalue weighted by atomic mass is 79.9. The molecule has 0 spiro atoms. The summed E-state index contributed by atoms with van der Waals surface area (Å²) in [6, 6.07) is 0. The Morgan fingerprint density at radius 3 is 2.73 bits per heavy atom. The average Bonchev–Trinajstić information content (AvgIpc) is 2.87. The fourth-order valence-electron chi connectivity index (χ4n) is 1.11. The van der Waals surface area contributed by atoms with Gasteiger partial charge in [-0.15, -0.1) is 15.3 Å². The first-order valence-electron chi connectivity index (χ1n) is 4.58. The molecule has 0 saturated carbocycles. The molecule has 2 heterocycles. The van der Waals surface area contributed by atoms with Crippen molar-refractivity contribution in [3.05, 3.63) is 23.7 Å². The van der Waals surface area contributed by atoms with Crippen LogP contribution in [-0.4, -0.2) is 25.2 Å². The summed E-state index contributed by atoms with van der Waals surface area (Å²) in [5.41, 5.74) is 0.880. The maximum atomic E-state index is 5.36. The summed E-state index contributed by atoms with van der Waals surface area (Å²) in [5, 5.41) is 16.3. The fourth-order valence-corrected chi connectivity index (χ4v) is 1.37. The molecule has 0 saturated heterocycles. The molecule has 0 unspecified atom stereocenters. The van der Waals surface area contributed by atoms with Crippen molar-refractivity contribution in [2.45, 2.75) is 25.2 Å². The Hall–Kier alpha value is -1.24. The van der Waals surface area contributed by atoms with Crippen molar-refractivity contribution in [2.24, 2.45) is 0 Å². The quantitative estimate of drug-likeness (QED) is 0.781. The zero-order valence-corrected chi connectivity index (χ0v) is 9.81. The van der Waals surface area contributed by atoms with E-state index in [2.05, 4.69) is 36.4 Å². The predicted molar refractivity (Wildman–Crippen MR) is 55.4 cm³/mol.